The van der Waals surface area contributed by atoms with Crippen molar-refractivity contribution >= 4 is 5.97 Å². The van der Waals surface area contributed by atoms with E-state index in [1.807, 2.05) is 25.7 Å². The monoisotopic (exact) mass is 365 g/mol. The molecule has 0 radical (unpaired) electrons. The summed E-state index contributed by atoms with van der Waals surface area (Å²) in [6, 6.07) is 6.68. The number of hydrogen-bond acceptors (Lipinski definition) is 6. The zero-order chi connectivity index (χ0) is 19.3. The Morgan fingerprint density at radius 1 is 1.27 bits per heavy atom. The maximum absolute atomic E-state index is 12.3. The van der Waals surface area contributed by atoms with Gasteiger partial charge in [-0.1, -0.05) is 24.3 Å². The van der Waals surface area contributed by atoms with E-state index in [0.717, 1.165) is 24.9 Å². The van der Waals surface area contributed by atoms with Crippen molar-refractivity contribution in [3.05, 3.63) is 35.4 Å². The van der Waals surface area contributed by atoms with E-state index in [2.05, 4.69) is 0 Å². The summed E-state index contributed by atoms with van der Waals surface area (Å²) in [5.41, 5.74) is 0.950. The third kappa shape index (κ3) is 6.06. The average molecular weight is 365 g/mol. The van der Waals surface area contributed by atoms with Crippen LogP contribution in [-0.2, 0) is 16.1 Å². The smallest absolute Gasteiger partial charge is 0.323 e. The minimum atomic E-state index is -0.791. The Hall–Kier alpha value is -1.47. The van der Waals surface area contributed by atoms with Gasteiger partial charge in [-0.2, -0.15) is 0 Å². The molecular weight excluding hydrogens is 334 g/mol. The van der Waals surface area contributed by atoms with E-state index < -0.39 is 17.8 Å². The van der Waals surface area contributed by atoms with Gasteiger partial charge in [-0.15, -0.1) is 0 Å². The molecule has 1 heterocycles. The lowest BCUT2D eigenvalue weighted by molar-refractivity contribution is -0.160. The summed E-state index contributed by atoms with van der Waals surface area (Å²) in [5, 5.41) is 29.8. The molecule has 0 aromatic heterocycles. The number of benzene rings is 1. The van der Waals surface area contributed by atoms with Crippen LogP contribution >= 0.6 is 0 Å². The third-order valence-electron chi connectivity index (χ3n) is 4.53. The molecule has 6 heteroatoms. The Morgan fingerprint density at radius 2 is 1.92 bits per heavy atom. The summed E-state index contributed by atoms with van der Waals surface area (Å²) in [4.78, 5) is 14.3. The molecule has 2 rings (SSSR count). The van der Waals surface area contributed by atoms with Crippen molar-refractivity contribution in [3.8, 4) is 0 Å². The number of aliphatic hydroxyl groups excluding tert-OH is 3. The highest BCUT2D eigenvalue weighted by Gasteiger charge is 2.35. The number of β-amino-alcohol motifs (C(OH)–C–C–N with tert-alkyl or cyclic N) is 1. The van der Waals surface area contributed by atoms with Gasteiger partial charge in [0.25, 0.3) is 0 Å². The predicted octanol–water partition coefficient (Wildman–Crippen LogP) is 1.77. The number of carbonyl (C=O) groups is 1. The largest absolute Gasteiger partial charge is 0.459 e. The highest BCUT2D eigenvalue weighted by molar-refractivity contribution is 5.76. The lowest BCUT2D eigenvalue weighted by Crippen LogP contribution is -2.43. The van der Waals surface area contributed by atoms with Crippen molar-refractivity contribution in [3.63, 3.8) is 0 Å². The Balaban J connectivity index is 1.89. The number of esters is 1. The first-order chi connectivity index (χ1) is 12.2. The van der Waals surface area contributed by atoms with Gasteiger partial charge < -0.3 is 20.1 Å². The summed E-state index contributed by atoms with van der Waals surface area (Å²) in [5.74, 6) is -0.248. The lowest BCUT2D eigenvalue weighted by Gasteiger charge is -2.29. The highest BCUT2D eigenvalue weighted by atomic mass is 16.6. The topological polar surface area (TPSA) is 90.2 Å². The molecule has 0 aliphatic carbocycles. The second kappa shape index (κ2) is 8.95. The molecule has 1 fully saturated rings. The van der Waals surface area contributed by atoms with Gasteiger partial charge in [-0.3, -0.25) is 9.69 Å². The van der Waals surface area contributed by atoms with Gasteiger partial charge >= 0.3 is 5.97 Å². The standard InChI is InChI=1S/C20H31NO5/c1-20(2,3)26-19(25)17-5-4-10-21(17)12-16(23)11-18(24)15-8-6-14(13-22)7-9-15/h6-9,16-18,22-24H,4-5,10-13H2,1-3H3/t16-,17+,18+/m1/s1. The van der Waals surface area contributed by atoms with E-state index in [0.29, 0.717) is 12.1 Å². The summed E-state index contributed by atoms with van der Waals surface area (Å²) < 4.78 is 5.47. The minimum absolute atomic E-state index is 0.0417. The van der Waals surface area contributed by atoms with Gasteiger partial charge in [-0.05, 0) is 51.3 Å². The minimum Gasteiger partial charge on any atom is -0.459 e. The predicted molar refractivity (Wildman–Crippen MR) is 98.4 cm³/mol. The SMILES string of the molecule is CC(C)(C)OC(=O)[C@@H]1CCCN1C[C@H](O)C[C@H](O)c1ccc(CO)cc1. The fraction of sp³-hybridized carbons (Fsp3) is 0.650. The van der Waals surface area contributed by atoms with Crippen LogP contribution in [0.4, 0.5) is 0 Å². The van der Waals surface area contributed by atoms with Gasteiger partial charge in [0, 0.05) is 13.0 Å². The van der Waals surface area contributed by atoms with Gasteiger partial charge in [-0.25, -0.2) is 0 Å². The molecule has 26 heavy (non-hydrogen) atoms. The van der Waals surface area contributed by atoms with E-state index in [-0.39, 0.29) is 25.0 Å². The van der Waals surface area contributed by atoms with Crippen molar-refractivity contribution in [2.75, 3.05) is 13.1 Å². The van der Waals surface area contributed by atoms with Crippen LogP contribution in [0.1, 0.15) is 57.3 Å². The summed E-state index contributed by atoms with van der Waals surface area (Å²) >= 11 is 0. The van der Waals surface area contributed by atoms with E-state index >= 15 is 0 Å². The first-order valence-corrected chi connectivity index (χ1v) is 9.22. The van der Waals surface area contributed by atoms with Crippen molar-refractivity contribution in [2.45, 2.75) is 70.5 Å². The number of rotatable bonds is 7. The normalized spacial score (nSPS) is 20.8. The summed E-state index contributed by atoms with van der Waals surface area (Å²) in [6.07, 6.45) is 0.274. The third-order valence-corrected chi connectivity index (χ3v) is 4.53. The number of aliphatic hydroxyl groups is 3. The first-order valence-electron chi connectivity index (χ1n) is 9.22. The maximum Gasteiger partial charge on any atom is 0.323 e. The zero-order valence-electron chi connectivity index (χ0n) is 15.9. The molecule has 1 aromatic carbocycles. The summed E-state index contributed by atoms with van der Waals surface area (Å²) in [7, 11) is 0. The molecule has 0 amide bonds. The van der Waals surface area contributed by atoms with Crippen LogP contribution in [0.5, 0.6) is 0 Å². The van der Waals surface area contributed by atoms with E-state index in [4.69, 9.17) is 9.84 Å². The van der Waals surface area contributed by atoms with E-state index in [9.17, 15) is 15.0 Å². The van der Waals surface area contributed by atoms with Crippen LogP contribution in [0.2, 0.25) is 0 Å². The van der Waals surface area contributed by atoms with Crippen molar-refractivity contribution in [1.29, 1.82) is 0 Å². The first kappa shape index (κ1) is 20.8. The van der Waals surface area contributed by atoms with Crippen molar-refractivity contribution < 1.29 is 24.9 Å². The molecule has 0 unspecified atom stereocenters. The number of carbonyl (C=O) groups excluding carboxylic acids is 1. The zero-order valence-corrected chi connectivity index (χ0v) is 15.9. The quantitative estimate of drug-likeness (QED) is 0.638. The second-order valence-electron chi connectivity index (χ2n) is 7.99. The highest BCUT2D eigenvalue weighted by Crippen LogP contribution is 2.24. The molecule has 0 saturated carbocycles. The fourth-order valence-corrected chi connectivity index (χ4v) is 3.27. The molecule has 3 N–H and O–H groups in total. The Morgan fingerprint density at radius 3 is 2.50 bits per heavy atom. The van der Waals surface area contributed by atoms with E-state index in [1.165, 1.54) is 0 Å². The lowest BCUT2D eigenvalue weighted by atomic mass is 10.0. The van der Waals surface area contributed by atoms with Crippen LogP contribution in [0.3, 0.4) is 0 Å². The molecule has 0 bridgehead atoms. The van der Waals surface area contributed by atoms with Gasteiger partial charge in [0.05, 0.1) is 18.8 Å². The maximum atomic E-state index is 12.3. The van der Waals surface area contributed by atoms with E-state index in [1.54, 1.807) is 24.3 Å². The number of likely N-dealkylation sites (tertiary alicyclic amines) is 1. The Kier molecular flexibility index (Phi) is 7.17. The average Bonchev–Trinajstić information content (AvgIpc) is 3.01. The van der Waals surface area contributed by atoms with Crippen molar-refractivity contribution in [1.82, 2.24) is 4.90 Å². The second-order valence-corrected chi connectivity index (χ2v) is 7.99. The molecule has 6 nitrogen and oxygen atoms in total. The molecule has 1 aliphatic rings. The van der Waals surface area contributed by atoms with Gasteiger partial charge in [0.1, 0.15) is 11.6 Å². The molecule has 3 atom stereocenters. The van der Waals surface area contributed by atoms with Gasteiger partial charge in [0.15, 0.2) is 0 Å². The number of hydrogen-bond donors (Lipinski definition) is 3. The van der Waals surface area contributed by atoms with Crippen LogP contribution in [0, 0.1) is 0 Å². The number of ether oxygens (including phenoxy) is 1. The van der Waals surface area contributed by atoms with Crippen LogP contribution in [0.25, 0.3) is 0 Å². The van der Waals surface area contributed by atoms with Crippen LogP contribution in [0.15, 0.2) is 24.3 Å². The Labute approximate surface area is 155 Å². The van der Waals surface area contributed by atoms with Gasteiger partial charge in [0.2, 0.25) is 0 Å². The van der Waals surface area contributed by atoms with Crippen molar-refractivity contribution in [2.24, 2.45) is 0 Å². The molecule has 0 spiro atoms. The molecular formula is C20H31NO5. The van der Waals surface area contributed by atoms with Crippen LogP contribution in [-0.4, -0.2) is 57.0 Å². The molecule has 1 aromatic rings. The van der Waals surface area contributed by atoms with Crippen LogP contribution < -0.4 is 0 Å². The molecule has 1 aliphatic heterocycles. The molecule has 146 valence electrons. The molecule has 1 saturated heterocycles. The number of nitrogens with zero attached hydrogens (tertiary/aromatic N) is 1. The summed E-state index contributed by atoms with van der Waals surface area (Å²) in [6.45, 7) is 6.56. The Bertz CT molecular complexity index is 581. The fourth-order valence-electron chi connectivity index (χ4n) is 3.27.